The number of para-hydroxylation sites is 1. The molecule has 0 saturated carbocycles. The molecule has 0 radical (unpaired) electrons. The number of aryl methyl sites for hydroxylation is 1. The molecule has 0 saturated heterocycles. The minimum Gasteiger partial charge on any atom is -0.452 e. The number of imide groups is 1. The molecule has 1 aromatic heterocycles. The monoisotopic (exact) mass is 378 g/mol. The van der Waals surface area contributed by atoms with Crippen molar-refractivity contribution in [3.05, 3.63) is 46.7 Å². The Morgan fingerprint density at radius 3 is 2.58 bits per heavy atom. The largest absolute Gasteiger partial charge is 0.452 e. The van der Waals surface area contributed by atoms with Crippen molar-refractivity contribution in [1.82, 2.24) is 20.4 Å². The number of ether oxygens (including phenoxy) is 1. The lowest BCUT2D eigenvalue weighted by molar-refractivity contribution is -0.123. The molecular weight excluding hydrogens is 360 g/mol. The van der Waals surface area contributed by atoms with E-state index in [4.69, 9.17) is 16.3 Å². The lowest BCUT2D eigenvalue weighted by Gasteiger charge is -2.07. The van der Waals surface area contributed by atoms with E-state index < -0.39 is 24.5 Å². The van der Waals surface area contributed by atoms with Crippen LogP contribution in [0.5, 0.6) is 0 Å². The predicted octanol–water partition coefficient (Wildman–Crippen LogP) is 2.23. The second-order valence-electron chi connectivity index (χ2n) is 5.38. The van der Waals surface area contributed by atoms with Crippen LogP contribution in [0.1, 0.15) is 29.4 Å². The zero-order valence-corrected chi connectivity index (χ0v) is 15.2. The van der Waals surface area contributed by atoms with E-state index in [1.54, 1.807) is 19.1 Å². The maximum Gasteiger partial charge on any atom is 0.343 e. The number of carbonyl (C=O) groups excluding carboxylic acids is 3. The van der Waals surface area contributed by atoms with Crippen molar-refractivity contribution < 1.29 is 19.1 Å². The van der Waals surface area contributed by atoms with Gasteiger partial charge in [0.15, 0.2) is 6.61 Å². The maximum absolute atomic E-state index is 12.3. The average Bonchev–Trinajstić information content (AvgIpc) is 2.93. The molecule has 26 heavy (non-hydrogen) atoms. The molecule has 0 spiro atoms. The number of rotatable bonds is 6. The highest BCUT2D eigenvalue weighted by Gasteiger charge is 2.23. The molecule has 138 valence electrons. The Morgan fingerprint density at radius 2 is 1.92 bits per heavy atom. The van der Waals surface area contributed by atoms with E-state index in [-0.39, 0.29) is 10.7 Å². The number of urea groups is 1. The van der Waals surface area contributed by atoms with E-state index in [0.29, 0.717) is 17.9 Å². The van der Waals surface area contributed by atoms with Crippen LogP contribution in [0.25, 0.3) is 5.69 Å². The summed E-state index contributed by atoms with van der Waals surface area (Å²) in [5.41, 5.74) is 1.12. The number of halogens is 1. The van der Waals surface area contributed by atoms with E-state index in [0.717, 1.165) is 6.42 Å². The molecule has 0 aliphatic carbocycles. The molecule has 8 nitrogen and oxygen atoms in total. The zero-order valence-electron chi connectivity index (χ0n) is 14.4. The van der Waals surface area contributed by atoms with Gasteiger partial charge in [-0.15, -0.1) is 0 Å². The number of esters is 1. The number of nitrogens with zero attached hydrogens (tertiary/aromatic N) is 2. The van der Waals surface area contributed by atoms with E-state index in [9.17, 15) is 14.4 Å². The summed E-state index contributed by atoms with van der Waals surface area (Å²) >= 11 is 6.25. The van der Waals surface area contributed by atoms with E-state index >= 15 is 0 Å². The molecule has 1 aromatic carbocycles. The van der Waals surface area contributed by atoms with Crippen LogP contribution < -0.4 is 10.6 Å². The van der Waals surface area contributed by atoms with Crippen LogP contribution in [0.3, 0.4) is 0 Å². The van der Waals surface area contributed by atoms with Gasteiger partial charge in [-0.1, -0.05) is 36.7 Å². The third kappa shape index (κ3) is 4.82. The number of hydrogen-bond donors (Lipinski definition) is 2. The molecule has 9 heteroatoms. The van der Waals surface area contributed by atoms with Gasteiger partial charge in [0.05, 0.1) is 11.4 Å². The summed E-state index contributed by atoms with van der Waals surface area (Å²) in [6, 6.07) is 8.41. The minimum atomic E-state index is -0.793. The Hall–Kier alpha value is -2.87. The molecule has 0 unspecified atom stereocenters. The Bertz CT molecular complexity index is 805. The van der Waals surface area contributed by atoms with Gasteiger partial charge in [-0.3, -0.25) is 10.1 Å². The summed E-state index contributed by atoms with van der Waals surface area (Å²) in [6.07, 6.45) is 0.736. The van der Waals surface area contributed by atoms with Gasteiger partial charge in [0.25, 0.3) is 5.91 Å². The van der Waals surface area contributed by atoms with Gasteiger partial charge in [0, 0.05) is 6.54 Å². The molecule has 0 aliphatic rings. The number of amides is 3. The Kier molecular flexibility index (Phi) is 6.74. The minimum absolute atomic E-state index is 0.0683. The van der Waals surface area contributed by atoms with Gasteiger partial charge in [0.2, 0.25) is 0 Å². The number of nitrogens with one attached hydrogen (secondary N) is 2. The first-order valence-corrected chi connectivity index (χ1v) is 8.37. The maximum atomic E-state index is 12.3. The van der Waals surface area contributed by atoms with Crippen molar-refractivity contribution >= 4 is 29.5 Å². The summed E-state index contributed by atoms with van der Waals surface area (Å²) in [7, 11) is 0. The second kappa shape index (κ2) is 9.00. The molecule has 1 heterocycles. The van der Waals surface area contributed by atoms with Crippen LogP contribution >= 0.6 is 11.6 Å². The fourth-order valence-corrected chi connectivity index (χ4v) is 2.47. The number of aromatic nitrogens is 2. The van der Waals surface area contributed by atoms with Gasteiger partial charge in [-0.25, -0.2) is 14.3 Å². The van der Waals surface area contributed by atoms with Crippen molar-refractivity contribution in [2.24, 2.45) is 0 Å². The first-order chi connectivity index (χ1) is 12.4. The molecule has 3 amide bonds. The summed E-state index contributed by atoms with van der Waals surface area (Å²) < 4.78 is 6.35. The molecule has 2 N–H and O–H groups in total. The fourth-order valence-electron chi connectivity index (χ4n) is 2.12. The lowest BCUT2D eigenvalue weighted by Crippen LogP contribution is -2.41. The predicted molar refractivity (Wildman–Crippen MR) is 95.4 cm³/mol. The molecular formula is C17H19ClN4O4. The van der Waals surface area contributed by atoms with Crippen molar-refractivity contribution in [3.8, 4) is 5.69 Å². The highest BCUT2D eigenvalue weighted by Crippen LogP contribution is 2.24. The fraction of sp³-hybridized carbons (Fsp3) is 0.294. The van der Waals surface area contributed by atoms with Gasteiger partial charge >= 0.3 is 12.0 Å². The number of benzene rings is 1. The second-order valence-corrected chi connectivity index (χ2v) is 5.74. The average molecular weight is 379 g/mol. The van der Waals surface area contributed by atoms with Crippen molar-refractivity contribution in [2.75, 3.05) is 13.2 Å². The standard InChI is InChI=1S/C17H19ClN4O4/c1-3-9-19-17(25)20-13(23)10-26-16(24)14-11(2)21-22(15(14)18)12-7-5-4-6-8-12/h4-8H,3,9-10H2,1-2H3,(H2,19,20,23,25). The van der Waals surface area contributed by atoms with Crippen molar-refractivity contribution in [3.63, 3.8) is 0 Å². The van der Waals surface area contributed by atoms with Crippen LogP contribution in [0.2, 0.25) is 5.15 Å². The SMILES string of the molecule is CCCNC(=O)NC(=O)COC(=O)c1c(C)nn(-c2ccccc2)c1Cl. The molecule has 0 bridgehead atoms. The molecule has 2 aromatic rings. The molecule has 0 fully saturated rings. The van der Waals surface area contributed by atoms with Crippen molar-refractivity contribution in [1.29, 1.82) is 0 Å². The topological polar surface area (TPSA) is 102 Å². The third-order valence-electron chi connectivity index (χ3n) is 3.33. The smallest absolute Gasteiger partial charge is 0.343 e. The van der Waals surface area contributed by atoms with E-state index in [1.807, 2.05) is 25.1 Å². The zero-order chi connectivity index (χ0) is 19.1. The van der Waals surface area contributed by atoms with Crippen LogP contribution in [0.15, 0.2) is 30.3 Å². The van der Waals surface area contributed by atoms with Crippen LogP contribution in [0.4, 0.5) is 4.79 Å². The van der Waals surface area contributed by atoms with E-state index in [1.165, 1.54) is 4.68 Å². The normalized spacial score (nSPS) is 10.3. The van der Waals surface area contributed by atoms with Gasteiger partial charge in [0.1, 0.15) is 10.7 Å². The quantitative estimate of drug-likeness (QED) is 0.750. The van der Waals surface area contributed by atoms with Crippen LogP contribution in [-0.4, -0.2) is 40.8 Å². The van der Waals surface area contributed by atoms with Gasteiger partial charge < -0.3 is 10.1 Å². The summed E-state index contributed by atoms with van der Waals surface area (Å²) in [6.45, 7) is 3.32. The highest BCUT2D eigenvalue weighted by molar-refractivity contribution is 6.33. The molecule has 0 atom stereocenters. The van der Waals surface area contributed by atoms with Crippen LogP contribution in [-0.2, 0) is 9.53 Å². The van der Waals surface area contributed by atoms with Gasteiger partial charge in [-0.2, -0.15) is 5.10 Å². The van der Waals surface area contributed by atoms with Crippen molar-refractivity contribution in [2.45, 2.75) is 20.3 Å². The third-order valence-corrected chi connectivity index (χ3v) is 3.68. The molecule has 2 rings (SSSR count). The summed E-state index contributed by atoms with van der Waals surface area (Å²) in [5.74, 6) is -1.53. The summed E-state index contributed by atoms with van der Waals surface area (Å²) in [5, 5.41) is 8.85. The highest BCUT2D eigenvalue weighted by atomic mass is 35.5. The first-order valence-electron chi connectivity index (χ1n) is 7.99. The summed E-state index contributed by atoms with van der Waals surface area (Å²) in [4.78, 5) is 35.3. The first kappa shape index (κ1) is 19.5. The number of hydrogen-bond acceptors (Lipinski definition) is 5. The van der Waals surface area contributed by atoms with Crippen LogP contribution in [0, 0.1) is 6.92 Å². The van der Waals surface area contributed by atoms with E-state index in [2.05, 4.69) is 15.7 Å². The number of carbonyl (C=O) groups is 3. The lowest BCUT2D eigenvalue weighted by atomic mass is 10.2. The Morgan fingerprint density at radius 1 is 1.23 bits per heavy atom. The Balaban J connectivity index is 2.01. The Labute approximate surface area is 155 Å². The van der Waals surface area contributed by atoms with Gasteiger partial charge in [-0.05, 0) is 25.5 Å². The molecule has 0 aliphatic heterocycles.